The van der Waals surface area contributed by atoms with Gasteiger partial charge in [0.05, 0.1) is 30.4 Å². The van der Waals surface area contributed by atoms with Gasteiger partial charge < -0.3 is 20.1 Å². The van der Waals surface area contributed by atoms with E-state index in [1.165, 1.54) is 0 Å². The summed E-state index contributed by atoms with van der Waals surface area (Å²) in [6, 6.07) is 18.4. The maximum absolute atomic E-state index is 13.7. The molecule has 1 aliphatic heterocycles. The Morgan fingerprint density at radius 2 is 1.94 bits per heavy atom. The summed E-state index contributed by atoms with van der Waals surface area (Å²) in [6.45, 7) is 1.87. The number of carbonyl (C=O) groups excluding carboxylic acids is 1. The van der Waals surface area contributed by atoms with Crippen molar-refractivity contribution >= 4 is 28.9 Å². The van der Waals surface area contributed by atoms with Crippen LogP contribution in [0.3, 0.4) is 0 Å². The molecule has 0 aliphatic carbocycles. The van der Waals surface area contributed by atoms with Gasteiger partial charge in [-0.25, -0.2) is 4.68 Å². The van der Waals surface area contributed by atoms with Crippen molar-refractivity contribution in [3.8, 4) is 22.2 Å². The molecule has 2 aromatic carbocycles. The fourth-order valence-corrected chi connectivity index (χ4v) is 4.67. The second-order valence-electron chi connectivity index (χ2n) is 7.68. The van der Waals surface area contributed by atoms with Crippen LogP contribution in [0.1, 0.15) is 18.5 Å². The molecule has 4 aromatic rings. The number of nitrogens with one attached hydrogen (secondary N) is 2. The van der Waals surface area contributed by atoms with E-state index in [4.69, 9.17) is 19.6 Å². The first-order valence-corrected chi connectivity index (χ1v) is 11.5. The van der Waals surface area contributed by atoms with Gasteiger partial charge in [0.25, 0.3) is 5.91 Å². The molecule has 0 fully saturated rings. The van der Waals surface area contributed by atoms with Crippen molar-refractivity contribution in [2.24, 2.45) is 0 Å². The zero-order valence-corrected chi connectivity index (χ0v) is 19.7. The monoisotopic (exact) mass is 473 g/mol. The van der Waals surface area contributed by atoms with E-state index in [0.29, 0.717) is 40.2 Å². The molecule has 8 nitrogen and oxygen atoms in total. The lowest BCUT2D eigenvalue weighted by atomic mass is 9.95. The minimum atomic E-state index is -0.512. The van der Waals surface area contributed by atoms with Crippen LogP contribution in [0.25, 0.3) is 10.7 Å². The smallest absolute Gasteiger partial charge is 0.255 e. The summed E-state index contributed by atoms with van der Waals surface area (Å²) in [7, 11) is 3.19. The minimum Gasteiger partial charge on any atom is -0.497 e. The van der Waals surface area contributed by atoms with Gasteiger partial charge in [-0.2, -0.15) is 4.98 Å². The van der Waals surface area contributed by atoms with Crippen LogP contribution in [-0.2, 0) is 4.79 Å². The van der Waals surface area contributed by atoms with Crippen molar-refractivity contribution in [2.45, 2.75) is 13.0 Å². The molecule has 5 rings (SSSR count). The number of hydrogen-bond acceptors (Lipinski definition) is 7. The molecule has 1 aliphatic rings. The number of hydrogen-bond donors (Lipinski definition) is 2. The molecule has 0 unspecified atom stereocenters. The van der Waals surface area contributed by atoms with Crippen LogP contribution in [0.15, 0.2) is 77.3 Å². The lowest BCUT2D eigenvalue weighted by Gasteiger charge is -2.29. The summed E-state index contributed by atoms with van der Waals surface area (Å²) >= 11 is 1.56. The fourth-order valence-electron chi connectivity index (χ4n) is 4.01. The molecule has 0 spiro atoms. The number of fused-ring (bicyclic) bond motifs is 1. The van der Waals surface area contributed by atoms with Gasteiger partial charge in [0.2, 0.25) is 5.95 Å². The van der Waals surface area contributed by atoms with E-state index in [-0.39, 0.29) is 5.91 Å². The summed E-state index contributed by atoms with van der Waals surface area (Å²) in [5.74, 6) is 2.18. The molecule has 0 bridgehead atoms. The van der Waals surface area contributed by atoms with Gasteiger partial charge in [-0.3, -0.25) is 4.79 Å². The Kier molecular flexibility index (Phi) is 5.77. The highest BCUT2D eigenvalue weighted by Crippen LogP contribution is 2.38. The number of ether oxygens (including phenoxy) is 2. The lowest BCUT2D eigenvalue weighted by Crippen LogP contribution is -2.31. The lowest BCUT2D eigenvalue weighted by molar-refractivity contribution is -0.113. The number of aromatic nitrogens is 3. The van der Waals surface area contributed by atoms with E-state index in [0.717, 1.165) is 10.4 Å². The van der Waals surface area contributed by atoms with E-state index >= 15 is 0 Å². The first kappa shape index (κ1) is 21.7. The SMILES string of the molecule is COc1cccc([C@@H]2C(C(=O)Nc3ccccc3OC)=C(C)Nc3nc(-c4cccs4)nn32)c1. The van der Waals surface area contributed by atoms with Crippen LogP contribution in [0.4, 0.5) is 11.6 Å². The number of allylic oxidation sites excluding steroid dienone is 1. The van der Waals surface area contributed by atoms with Crippen LogP contribution in [-0.4, -0.2) is 34.9 Å². The number of thiophene rings is 1. The van der Waals surface area contributed by atoms with Gasteiger partial charge >= 0.3 is 0 Å². The summed E-state index contributed by atoms with van der Waals surface area (Å²) in [6.07, 6.45) is 0. The largest absolute Gasteiger partial charge is 0.497 e. The predicted octanol–water partition coefficient (Wildman–Crippen LogP) is 4.95. The second-order valence-corrected chi connectivity index (χ2v) is 8.63. The Morgan fingerprint density at radius 1 is 1.09 bits per heavy atom. The van der Waals surface area contributed by atoms with Crippen molar-refractivity contribution < 1.29 is 14.3 Å². The molecule has 1 amide bonds. The summed E-state index contributed by atoms with van der Waals surface area (Å²) in [5, 5.41) is 13.0. The topological polar surface area (TPSA) is 90.3 Å². The number of benzene rings is 2. The fraction of sp³-hybridized carbons (Fsp3) is 0.160. The first-order valence-electron chi connectivity index (χ1n) is 10.7. The van der Waals surface area contributed by atoms with E-state index < -0.39 is 6.04 Å². The average molecular weight is 474 g/mol. The maximum Gasteiger partial charge on any atom is 0.255 e. The number of rotatable bonds is 6. The molecule has 0 saturated heterocycles. The third kappa shape index (κ3) is 3.90. The minimum absolute atomic E-state index is 0.263. The number of nitrogens with zero attached hydrogens (tertiary/aromatic N) is 3. The third-order valence-electron chi connectivity index (χ3n) is 5.60. The second kappa shape index (κ2) is 9.03. The Labute approximate surface area is 200 Å². The van der Waals surface area contributed by atoms with Gasteiger partial charge in [0, 0.05) is 5.70 Å². The molecule has 3 heterocycles. The number of anilines is 2. The third-order valence-corrected chi connectivity index (χ3v) is 6.47. The first-order chi connectivity index (χ1) is 16.6. The van der Waals surface area contributed by atoms with Gasteiger partial charge in [0.1, 0.15) is 17.5 Å². The Balaban J connectivity index is 1.61. The van der Waals surface area contributed by atoms with Crippen LogP contribution in [0, 0.1) is 0 Å². The van der Waals surface area contributed by atoms with E-state index in [2.05, 4.69) is 10.6 Å². The number of carbonyl (C=O) groups is 1. The highest BCUT2D eigenvalue weighted by atomic mass is 32.1. The zero-order chi connectivity index (χ0) is 23.7. The molecule has 0 saturated carbocycles. The van der Waals surface area contributed by atoms with Crippen molar-refractivity contribution in [3.63, 3.8) is 0 Å². The van der Waals surface area contributed by atoms with Crippen molar-refractivity contribution in [3.05, 3.63) is 82.9 Å². The highest BCUT2D eigenvalue weighted by Gasteiger charge is 2.35. The van der Waals surface area contributed by atoms with Gasteiger partial charge in [-0.05, 0) is 48.2 Å². The maximum atomic E-state index is 13.7. The summed E-state index contributed by atoms with van der Waals surface area (Å²) < 4.78 is 12.6. The van der Waals surface area contributed by atoms with Gasteiger partial charge in [0.15, 0.2) is 5.82 Å². The van der Waals surface area contributed by atoms with Gasteiger partial charge in [-0.15, -0.1) is 16.4 Å². The molecule has 34 heavy (non-hydrogen) atoms. The van der Waals surface area contributed by atoms with Crippen LogP contribution < -0.4 is 20.1 Å². The molecule has 2 aromatic heterocycles. The van der Waals surface area contributed by atoms with Crippen LogP contribution in [0.5, 0.6) is 11.5 Å². The molecule has 9 heteroatoms. The highest BCUT2D eigenvalue weighted by molar-refractivity contribution is 7.13. The predicted molar refractivity (Wildman–Crippen MR) is 132 cm³/mol. The summed E-state index contributed by atoms with van der Waals surface area (Å²) in [5.41, 5.74) is 2.66. The number of methoxy groups -OCH3 is 2. The Hall–Kier alpha value is -4.11. The molecule has 2 N–H and O–H groups in total. The molecule has 0 radical (unpaired) electrons. The van der Waals surface area contributed by atoms with E-state index in [1.807, 2.05) is 60.8 Å². The molecular weight excluding hydrogens is 450 g/mol. The Morgan fingerprint density at radius 3 is 2.71 bits per heavy atom. The molecular formula is C25H23N5O3S. The molecule has 172 valence electrons. The van der Waals surface area contributed by atoms with Crippen molar-refractivity contribution in [2.75, 3.05) is 24.9 Å². The Bertz CT molecular complexity index is 1380. The van der Waals surface area contributed by atoms with Crippen LogP contribution in [0.2, 0.25) is 0 Å². The quantitative estimate of drug-likeness (QED) is 0.412. The normalized spacial score (nSPS) is 14.9. The standard InChI is InChI=1S/C25H23N5O3S/c1-15-21(24(31)27-18-10-4-5-11-19(18)33-3)22(16-8-6-9-17(14-16)32-2)30-25(26-15)28-23(29-30)20-12-7-13-34-20/h4-14,22H,1-3H3,(H,27,31)(H,26,28,29)/t22-/m1/s1. The average Bonchev–Trinajstić information content (AvgIpc) is 3.53. The zero-order valence-electron chi connectivity index (χ0n) is 18.9. The number of amides is 1. The van der Waals surface area contributed by atoms with E-state index in [1.54, 1.807) is 42.4 Å². The van der Waals surface area contributed by atoms with Crippen molar-refractivity contribution in [1.29, 1.82) is 0 Å². The van der Waals surface area contributed by atoms with Gasteiger partial charge in [-0.1, -0.05) is 30.3 Å². The van der Waals surface area contributed by atoms with Crippen LogP contribution >= 0.6 is 11.3 Å². The van der Waals surface area contributed by atoms with Crippen molar-refractivity contribution in [1.82, 2.24) is 14.8 Å². The molecule has 1 atom stereocenters. The van der Waals surface area contributed by atoms with E-state index in [9.17, 15) is 4.79 Å². The summed E-state index contributed by atoms with van der Waals surface area (Å²) in [4.78, 5) is 19.3. The number of para-hydroxylation sites is 2.